The fraction of sp³-hybridized carbons (Fsp3) is 0.928. The maximum atomic E-state index is 13.0. The Balaban J connectivity index is 1.84. The van der Waals surface area contributed by atoms with E-state index in [2.05, 4.69) is 31.3 Å². The van der Waals surface area contributed by atoms with Crippen molar-refractivity contribution in [3.05, 3.63) is 24.3 Å². The Hall–Kier alpha value is -1.86. The van der Waals surface area contributed by atoms with Gasteiger partial charge >= 0.3 is 5.97 Å². The number of aliphatic hydroxyl groups excluding tert-OH is 5. The topological polar surface area (TPSA) is 175 Å². The predicted molar refractivity (Wildman–Crippen MR) is 398 cm³/mol. The lowest BCUT2D eigenvalue weighted by Gasteiger charge is -2.40. The first-order chi connectivity index (χ1) is 46.2. The van der Waals surface area contributed by atoms with Crippen LogP contribution in [0.2, 0.25) is 0 Å². The molecule has 7 atom stereocenters. The summed E-state index contributed by atoms with van der Waals surface area (Å²) in [6.07, 6.45) is 83.8. The molecule has 7 unspecified atom stereocenters. The Labute approximate surface area is 581 Å². The lowest BCUT2D eigenvalue weighted by molar-refractivity contribution is -0.302. The Morgan fingerprint density at radius 1 is 0.383 bits per heavy atom. The van der Waals surface area contributed by atoms with Crippen LogP contribution >= 0.6 is 0 Å². The molecule has 1 fully saturated rings. The van der Waals surface area contributed by atoms with Crippen molar-refractivity contribution in [1.82, 2.24) is 5.32 Å². The predicted octanol–water partition coefficient (Wildman–Crippen LogP) is 22.7. The number of esters is 1. The molecule has 0 saturated carbocycles. The molecule has 1 rings (SSSR count). The number of hydrogen-bond donors (Lipinski definition) is 6. The molecular formula is C83H159NO10. The third kappa shape index (κ3) is 60.1. The summed E-state index contributed by atoms with van der Waals surface area (Å²) >= 11 is 0. The van der Waals surface area contributed by atoms with Gasteiger partial charge in [0.25, 0.3) is 0 Å². The summed E-state index contributed by atoms with van der Waals surface area (Å²) in [7, 11) is 0. The van der Waals surface area contributed by atoms with Crippen LogP contribution in [0.5, 0.6) is 0 Å². The van der Waals surface area contributed by atoms with Gasteiger partial charge in [0.2, 0.25) is 5.91 Å². The molecule has 1 aliphatic heterocycles. The number of carbonyl (C=O) groups excluding carboxylic acids is 2. The molecule has 0 aromatic rings. The molecule has 0 aromatic carbocycles. The molecule has 0 aromatic heterocycles. The van der Waals surface area contributed by atoms with Gasteiger partial charge in [-0.3, -0.25) is 9.59 Å². The van der Waals surface area contributed by atoms with Gasteiger partial charge in [-0.15, -0.1) is 0 Å². The van der Waals surface area contributed by atoms with E-state index in [0.717, 1.165) is 51.4 Å². The van der Waals surface area contributed by atoms with E-state index in [-0.39, 0.29) is 18.5 Å². The number of rotatable bonds is 75. The summed E-state index contributed by atoms with van der Waals surface area (Å²) < 4.78 is 16.8. The average molecular weight is 1330 g/mol. The minimum Gasteiger partial charge on any atom is -0.466 e. The first kappa shape index (κ1) is 90.2. The smallest absolute Gasteiger partial charge is 0.305 e. The van der Waals surface area contributed by atoms with E-state index in [9.17, 15) is 35.1 Å². The lowest BCUT2D eigenvalue weighted by atomic mass is 9.99. The van der Waals surface area contributed by atoms with Crippen molar-refractivity contribution in [3.63, 3.8) is 0 Å². The summed E-state index contributed by atoms with van der Waals surface area (Å²) in [4.78, 5) is 25.2. The number of allylic oxidation sites excluding steroid dienone is 3. The molecule has 556 valence electrons. The number of hydrogen-bond acceptors (Lipinski definition) is 10. The van der Waals surface area contributed by atoms with E-state index in [1.54, 1.807) is 6.08 Å². The van der Waals surface area contributed by atoms with Gasteiger partial charge in [-0.2, -0.15) is 0 Å². The minimum atomic E-state index is -1.57. The van der Waals surface area contributed by atoms with Gasteiger partial charge in [-0.05, 0) is 57.8 Å². The van der Waals surface area contributed by atoms with Gasteiger partial charge in [-0.25, -0.2) is 0 Å². The zero-order chi connectivity index (χ0) is 67.9. The van der Waals surface area contributed by atoms with Crippen molar-refractivity contribution in [2.75, 3.05) is 19.8 Å². The van der Waals surface area contributed by atoms with Gasteiger partial charge in [-0.1, -0.05) is 385 Å². The van der Waals surface area contributed by atoms with Crippen molar-refractivity contribution in [2.45, 2.75) is 474 Å². The number of carbonyl (C=O) groups is 2. The molecule has 1 saturated heterocycles. The summed E-state index contributed by atoms with van der Waals surface area (Å²) in [5, 5.41) is 54.4. The molecule has 0 aliphatic carbocycles. The third-order valence-corrected chi connectivity index (χ3v) is 20.1. The van der Waals surface area contributed by atoms with Gasteiger partial charge in [0.1, 0.15) is 24.4 Å². The van der Waals surface area contributed by atoms with E-state index >= 15 is 0 Å². The van der Waals surface area contributed by atoms with Crippen LogP contribution in [-0.2, 0) is 23.8 Å². The van der Waals surface area contributed by atoms with Crippen molar-refractivity contribution < 1.29 is 49.3 Å². The lowest BCUT2D eigenvalue weighted by Crippen LogP contribution is -2.60. The molecule has 0 spiro atoms. The molecule has 0 bridgehead atoms. The highest BCUT2D eigenvalue weighted by atomic mass is 16.7. The Bertz CT molecular complexity index is 1610. The van der Waals surface area contributed by atoms with Crippen LogP contribution in [-0.4, -0.2) is 100 Å². The van der Waals surface area contributed by atoms with Crippen LogP contribution in [0.3, 0.4) is 0 Å². The second-order valence-corrected chi connectivity index (χ2v) is 29.2. The highest BCUT2D eigenvalue weighted by molar-refractivity contribution is 5.76. The van der Waals surface area contributed by atoms with Gasteiger partial charge in [0.15, 0.2) is 6.29 Å². The van der Waals surface area contributed by atoms with E-state index in [1.807, 2.05) is 6.08 Å². The molecule has 11 nitrogen and oxygen atoms in total. The summed E-state index contributed by atoms with van der Waals surface area (Å²) in [5.41, 5.74) is 0. The molecule has 1 aliphatic rings. The Kier molecular flexibility index (Phi) is 69.4. The number of ether oxygens (including phenoxy) is 3. The monoisotopic (exact) mass is 1330 g/mol. The average Bonchev–Trinajstić information content (AvgIpc) is 0.852. The molecule has 6 N–H and O–H groups in total. The van der Waals surface area contributed by atoms with E-state index in [1.165, 1.54) is 353 Å². The standard InChI is InChI=1S/C83H159NO10/c1-3-5-7-9-11-13-15-16-17-18-38-42-45-48-51-55-59-63-67-71-79(88)92-72-68-64-60-56-52-49-46-43-40-37-35-33-31-29-27-25-23-21-19-20-22-24-26-28-30-32-34-36-39-41-44-47-50-54-58-62-66-70-78(87)84-75(74-93-83-82(91)81(90)80(89)77(73-85)94-83)76(86)69-65-61-57-53-14-12-10-8-6-4-2/h19,21,65,69,75-77,80-83,85-86,89-91H,3-18,20,22-64,66-68,70-74H2,1-2H3,(H,84,87)/b21-19-,69-65+. The van der Waals surface area contributed by atoms with Crippen LogP contribution in [0.25, 0.3) is 0 Å². The second kappa shape index (κ2) is 72.4. The number of nitrogens with one attached hydrogen (secondary N) is 1. The molecule has 1 amide bonds. The van der Waals surface area contributed by atoms with E-state index < -0.39 is 49.5 Å². The Morgan fingerprint density at radius 3 is 1.02 bits per heavy atom. The maximum absolute atomic E-state index is 13.0. The van der Waals surface area contributed by atoms with Crippen LogP contribution in [0, 0.1) is 0 Å². The van der Waals surface area contributed by atoms with Crippen LogP contribution in [0.1, 0.15) is 431 Å². The summed E-state index contributed by atoms with van der Waals surface area (Å²) in [6.45, 7) is 4.39. The fourth-order valence-corrected chi connectivity index (χ4v) is 13.6. The zero-order valence-electron chi connectivity index (χ0n) is 62.2. The molecule has 94 heavy (non-hydrogen) atoms. The molecular weight excluding hydrogens is 1170 g/mol. The van der Waals surface area contributed by atoms with Gasteiger partial charge in [0.05, 0.1) is 32.0 Å². The number of amides is 1. The van der Waals surface area contributed by atoms with Crippen molar-refractivity contribution in [3.8, 4) is 0 Å². The van der Waals surface area contributed by atoms with Crippen LogP contribution < -0.4 is 5.32 Å². The van der Waals surface area contributed by atoms with E-state index in [4.69, 9.17) is 14.2 Å². The zero-order valence-corrected chi connectivity index (χ0v) is 62.2. The Morgan fingerprint density at radius 2 is 0.681 bits per heavy atom. The van der Waals surface area contributed by atoms with Crippen molar-refractivity contribution >= 4 is 11.9 Å². The van der Waals surface area contributed by atoms with E-state index in [0.29, 0.717) is 19.4 Å². The number of aliphatic hydroxyl groups is 5. The van der Waals surface area contributed by atoms with Crippen LogP contribution in [0.4, 0.5) is 0 Å². The maximum Gasteiger partial charge on any atom is 0.305 e. The van der Waals surface area contributed by atoms with Crippen LogP contribution in [0.15, 0.2) is 24.3 Å². The highest BCUT2D eigenvalue weighted by Gasteiger charge is 2.44. The largest absolute Gasteiger partial charge is 0.466 e. The molecule has 1 heterocycles. The SMILES string of the molecule is CCCCCCCCCC/C=C/C(O)C(COC1OC(CO)C(O)C(O)C1O)NC(=O)CCCCCCCCCCCCCCCCCCC/C=C\CCCCCCCCCCCCCCCCCCOC(=O)CCCCCCCCCCCCCCCCCCCCC. The first-order valence-electron chi connectivity index (χ1n) is 41.6. The second-order valence-electron chi connectivity index (χ2n) is 29.2. The third-order valence-electron chi connectivity index (χ3n) is 20.1. The quantitative estimate of drug-likeness (QED) is 0.0195. The summed E-state index contributed by atoms with van der Waals surface area (Å²) in [5.74, 6) is -0.156. The van der Waals surface area contributed by atoms with Crippen molar-refractivity contribution in [2.24, 2.45) is 0 Å². The van der Waals surface area contributed by atoms with Crippen molar-refractivity contribution in [1.29, 1.82) is 0 Å². The van der Waals surface area contributed by atoms with Gasteiger partial charge < -0.3 is 45.1 Å². The fourth-order valence-electron chi connectivity index (χ4n) is 13.6. The number of unbranched alkanes of at least 4 members (excludes halogenated alkanes) is 59. The highest BCUT2D eigenvalue weighted by Crippen LogP contribution is 2.24. The molecule has 11 heteroatoms. The first-order valence-corrected chi connectivity index (χ1v) is 41.6. The normalized spacial score (nSPS) is 17.5. The van der Waals surface area contributed by atoms with Gasteiger partial charge in [0, 0.05) is 12.8 Å². The summed E-state index contributed by atoms with van der Waals surface area (Å²) in [6, 6.07) is -0.806. The molecule has 0 radical (unpaired) electrons. The minimum absolute atomic E-state index is 0.0211.